The molecule has 0 bridgehead atoms. The standard InChI is InChI=1S/C56H36OS/c1-3-36-16-8-9-17-39(36)35(2)40-18-6-4-5-7-19-46(44-22-12-10-20-42(40)44)47-31-30-41(43-21-11-13-23-45(43)47)38-28-33-53-50(34-38)48-29-26-37-27-32-52-55(54(37)56(48)58-53)49-24-14-15-25-51(49)57-52/h3-34H,1-2H2. The minimum absolute atomic E-state index is 0.926. The summed E-state index contributed by atoms with van der Waals surface area (Å²) >= 11 is 1.87. The van der Waals surface area contributed by atoms with Gasteiger partial charge in [0.15, 0.2) is 0 Å². The zero-order chi connectivity index (χ0) is 38.7. The van der Waals surface area contributed by atoms with Gasteiger partial charge in [-0.2, -0.15) is 0 Å². The lowest BCUT2D eigenvalue weighted by Crippen LogP contribution is -1.91. The summed E-state index contributed by atoms with van der Waals surface area (Å²) in [5.74, 6) is 0. The Morgan fingerprint density at radius 2 is 1.07 bits per heavy atom. The molecule has 0 radical (unpaired) electrons. The van der Waals surface area contributed by atoms with E-state index in [1.54, 1.807) is 0 Å². The van der Waals surface area contributed by atoms with E-state index in [4.69, 9.17) is 4.42 Å². The molecular weight excluding hydrogens is 721 g/mol. The second kappa shape index (κ2) is 13.7. The number of benzene rings is 8. The Morgan fingerprint density at radius 3 is 1.90 bits per heavy atom. The minimum Gasteiger partial charge on any atom is -0.456 e. The molecule has 0 saturated heterocycles. The van der Waals surface area contributed by atoms with Gasteiger partial charge >= 0.3 is 0 Å². The van der Waals surface area contributed by atoms with Crippen molar-refractivity contribution in [2.24, 2.45) is 0 Å². The summed E-state index contributed by atoms with van der Waals surface area (Å²) in [4.78, 5) is 0. The van der Waals surface area contributed by atoms with Crippen molar-refractivity contribution in [2.45, 2.75) is 0 Å². The molecule has 58 heavy (non-hydrogen) atoms. The van der Waals surface area contributed by atoms with Crippen LogP contribution in [0.25, 0.3) is 108 Å². The Bertz CT molecular complexity index is 3560. The first-order chi connectivity index (χ1) is 28.7. The molecular formula is C56H36OS. The van der Waals surface area contributed by atoms with E-state index in [-0.39, 0.29) is 0 Å². The molecule has 9 aromatic carbocycles. The average molecular weight is 757 g/mol. The molecule has 0 unspecified atom stereocenters. The summed E-state index contributed by atoms with van der Waals surface area (Å²) < 4.78 is 8.91. The first-order valence-corrected chi connectivity index (χ1v) is 20.5. The predicted octanol–water partition coefficient (Wildman–Crippen LogP) is 16.6. The Labute approximate surface area is 340 Å². The van der Waals surface area contributed by atoms with Crippen LogP contribution >= 0.6 is 11.3 Å². The third-order valence-electron chi connectivity index (χ3n) is 11.7. The zero-order valence-corrected chi connectivity index (χ0v) is 32.5. The van der Waals surface area contributed by atoms with Gasteiger partial charge in [0.1, 0.15) is 11.2 Å². The monoisotopic (exact) mass is 756 g/mol. The van der Waals surface area contributed by atoms with E-state index in [1.165, 1.54) is 63.8 Å². The van der Waals surface area contributed by atoms with Gasteiger partial charge in [-0.15, -0.1) is 11.3 Å². The van der Waals surface area contributed by atoms with Crippen LogP contribution in [0.5, 0.6) is 0 Å². The molecule has 0 spiro atoms. The van der Waals surface area contributed by atoms with Crippen molar-refractivity contribution in [1.82, 2.24) is 0 Å². The lowest BCUT2D eigenvalue weighted by atomic mass is 9.88. The lowest BCUT2D eigenvalue weighted by molar-refractivity contribution is 0.669. The van der Waals surface area contributed by atoms with Crippen molar-refractivity contribution in [3.63, 3.8) is 0 Å². The Kier molecular flexibility index (Phi) is 8.06. The highest BCUT2D eigenvalue weighted by Crippen LogP contribution is 2.46. The Hall–Kier alpha value is -7.26. The van der Waals surface area contributed by atoms with E-state index in [1.807, 2.05) is 29.5 Å². The van der Waals surface area contributed by atoms with Gasteiger partial charge in [0.05, 0.1) is 0 Å². The third-order valence-corrected chi connectivity index (χ3v) is 12.9. The van der Waals surface area contributed by atoms with Crippen molar-refractivity contribution in [2.75, 3.05) is 0 Å². The van der Waals surface area contributed by atoms with Crippen molar-refractivity contribution in [3.8, 4) is 22.3 Å². The molecule has 0 N–H and O–H groups in total. The lowest BCUT2D eigenvalue weighted by Gasteiger charge is -2.15. The van der Waals surface area contributed by atoms with Crippen molar-refractivity contribution in [1.29, 1.82) is 0 Å². The van der Waals surface area contributed by atoms with E-state index in [2.05, 4.69) is 189 Å². The first kappa shape index (κ1) is 34.0. The molecule has 0 aliphatic carbocycles. The Balaban J connectivity index is 1.11. The third kappa shape index (κ3) is 5.38. The fourth-order valence-corrected chi connectivity index (χ4v) is 10.2. The molecule has 0 aliphatic rings. The average Bonchev–Trinajstić information content (AvgIpc) is 3.85. The van der Waals surface area contributed by atoms with E-state index < -0.39 is 0 Å². The van der Waals surface area contributed by atoms with Crippen LogP contribution in [0.4, 0.5) is 0 Å². The highest BCUT2D eigenvalue weighted by atomic mass is 32.1. The molecule has 11 rings (SSSR count). The molecule has 11 aromatic rings. The molecule has 1 nitrogen and oxygen atoms in total. The van der Waals surface area contributed by atoms with Crippen molar-refractivity contribution in [3.05, 3.63) is 218 Å². The maximum Gasteiger partial charge on any atom is 0.136 e. The van der Waals surface area contributed by atoms with Gasteiger partial charge in [-0.05, 0) is 95.7 Å². The summed E-state index contributed by atoms with van der Waals surface area (Å²) in [5.41, 5.74) is 10.8. The summed E-state index contributed by atoms with van der Waals surface area (Å²) in [6, 6.07) is 67.6. The summed E-state index contributed by atoms with van der Waals surface area (Å²) in [7, 11) is 0. The van der Waals surface area contributed by atoms with E-state index >= 15 is 0 Å². The summed E-state index contributed by atoms with van der Waals surface area (Å²) in [6.07, 6.45) is 1.91. The van der Waals surface area contributed by atoms with Crippen molar-refractivity contribution < 1.29 is 4.42 Å². The number of rotatable bonds is 5. The van der Waals surface area contributed by atoms with Crippen LogP contribution in [-0.4, -0.2) is 0 Å². The predicted molar refractivity (Wildman–Crippen MR) is 252 cm³/mol. The second-order valence-corrected chi connectivity index (χ2v) is 15.9. The highest BCUT2D eigenvalue weighted by Gasteiger charge is 2.18. The fourth-order valence-electron chi connectivity index (χ4n) is 8.97. The largest absolute Gasteiger partial charge is 0.456 e. The molecule has 0 atom stereocenters. The highest BCUT2D eigenvalue weighted by molar-refractivity contribution is 7.26. The van der Waals surface area contributed by atoms with E-state index in [0.717, 1.165) is 55.2 Å². The SMILES string of the molecule is C=Cc1ccccc1C(=C)c1ccccccc(-c2ccc(-c3ccc4sc5c(ccc6ccc7oc8ccccc8c7c65)c4c3)c3ccccc23)c2ccccc12. The number of para-hydroxylation sites is 1. The molecule has 272 valence electrons. The normalized spacial score (nSPS) is 11.6. The van der Waals surface area contributed by atoms with Gasteiger partial charge in [0, 0.05) is 36.3 Å². The number of hydrogen-bond donors (Lipinski definition) is 0. The topological polar surface area (TPSA) is 13.1 Å². The van der Waals surface area contributed by atoms with E-state index in [9.17, 15) is 0 Å². The van der Waals surface area contributed by atoms with Crippen LogP contribution in [0.3, 0.4) is 0 Å². The number of hydrogen-bond acceptors (Lipinski definition) is 2. The fraction of sp³-hybridized carbons (Fsp3) is 0. The molecule has 0 amide bonds. The Morgan fingerprint density at radius 1 is 0.448 bits per heavy atom. The molecule has 2 heterocycles. The van der Waals surface area contributed by atoms with Crippen LogP contribution in [-0.2, 0) is 0 Å². The van der Waals surface area contributed by atoms with Gasteiger partial charge in [0.25, 0.3) is 0 Å². The molecule has 0 aliphatic heterocycles. The molecule has 2 aromatic heterocycles. The van der Waals surface area contributed by atoms with Gasteiger partial charge in [0.2, 0.25) is 0 Å². The summed E-state index contributed by atoms with van der Waals surface area (Å²) in [6.45, 7) is 8.75. The zero-order valence-electron chi connectivity index (χ0n) is 31.7. The summed E-state index contributed by atoms with van der Waals surface area (Å²) in [5, 5.41) is 12.1. The van der Waals surface area contributed by atoms with Gasteiger partial charge in [-0.1, -0.05) is 183 Å². The van der Waals surface area contributed by atoms with Crippen LogP contribution < -0.4 is 0 Å². The van der Waals surface area contributed by atoms with E-state index in [0.29, 0.717) is 0 Å². The van der Waals surface area contributed by atoms with Crippen LogP contribution in [0, 0.1) is 0 Å². The first-order valence-electron chi connectivity index (χ1n) is 19.6. The minimum atomic E-state index is 0.926. The smallest absolute Gasteiger partial charge is 0.136 e. The molecule has 0 fully saturated rings. The maximum atomic E-state index is 6.33. The van der Waals surface area contributed by atoms with Gasteiger partial charge in [-0.3, -0.25) is 0 Å². The maximum absolute atomic E-state index is 6.33. The quantitative estimate of drug-likeness (QED) is 0.170. The van der Waals surface area contributed by atoms with Crippen LogP contribution in [0.1, 0.15) is 16.7 Å². The van der Waals surface area contributed by atoms with Crippen LogP contribution in [0.2, 0.25) is 0 Å². The second-order valence-electron chi connectivity index (χ2n) is 14.8. The van der Waals surface area contributed by atoms with Crippen molar-refractivity contribution >= 4 is 97.4 Å². The molecule has 0 saturated carbocycles. The number of furan rings is 1. The van der Waals surface area contributed by atoms with Gasteiger partial charge in [-0.25, -0.2) is 0 Å². The van der Waals surface area contributed by atoms with Crippen LogP contribution in [0.15, 0.2) is 206 Å². The number of fused-ring (bicyclic) bond motifs is 11. The number of thiophene rings is 1. The molecule has 2 heteroatoms. The van der Waals surface area contributed by atoms with Gasteiger partial charge < -0.3 is 4.42 Å².